The second-order valence-corrected chi connectivity index (χ2v) is 7.91. The number of anilines is 1. The molecule has 2 aromatic carbocycles. The number of thiazole rings is 1. The molecule has 0 spiro atoms. The van der Waals surface area contributed by atoms with Crippen LogP contribution in [0.2, 0.25) is 5.02 Å². The minimum atomic E-state index is -0.239. The molecule has 0 aliphatic carbocycles. The van der Waals surface area contributed by atoms with E-state index in [9.17, 15) is 9.18 Å². The van der Waals surface area contributed by atoms with Crippen LogP contribution in [0.4, 0.5) is 10.1 Å². The standard InChI is InChI=1S/C21H19ClFN3OS/c22-19-4-2-1-3-18(19)21-24-16(14-28-21)13-20(27)26-11-9-25(10-12-26)17-7-5-15(23)6-8-17/h1-8,14H,9-13H2. The van der Waals surface area contributed by atoms with Crippen molar-refractivity contribution < 1.29 is 9.18 Å². The van der Waals surface area contributed by atoms with E-state index in [1.165, 1.54) is 23.5 Å². The molecule has 3 aromatic rings. The molecule has 4 rings (SSSR count). The Balaban J connectivity index is 1.35. The molecule has 1 aliphatic rings. The van der Waals surface area contributed by atoms with Crippen LogP contribution in [0.15, 0.2) is 53.9 Å². The zero-order chi connectivity index (χ0) is 19.5. The van der Waals surface area contributed by atoms with Gasteiger partial charge in [0.05, 0.1) is 17.1 Å². The second-order valence-electron chi connectivity index (χ2n) is 6.64. The smallest absolute Gasteiger partial charge is 0.228 e. The molecule has 0 saturated carbocycles. The SMILES string of the molecule is O=C(Cc1csc(-c2ccccc2Cl)n1)N1CCN(c2ccc(F)cc2)CC1. The molecular formula is C21H19ClFN3OS. The number of hydrogen-bond acceptors (Lipinski definition) is 4. The first-order valence-corrected chi connectivity index (χ1v) is 10.3. The Morgan fingerprint density at radius 1 is 1.07 bits per heavy atom. The first kappa shape index (κ1) is 18.9. The average Bonchev–Trinajstić information content (AvgIpc) is 3.17. The van der Waals surface area contributed by atoms with Gasteiger partial charge in [-0.1, -0.05) is 29.8 Å². The summed E-state index contributed by atoms with van der Waals surface area (Å²) in [5, 5.41) is 3.41. The summed E-state index contributed by atoms with van der Waals surface area (Å²) in [7, 11) is 0. The third kappa shape index (κ3) is 4.18. The van der Waals surface area contributed by atoms with E-state index < -0.39 is 0 Å². The Morgan fingerprint density at radius 2 is 1.79 bits per heavy atom. The van der Waals surface area contributed by atoms with Gasteiger partial charge in [-0.25, -0.2) is 9.37 Å². The number of rotatable bonds is 4. The van der Waals surface area contributed by atoms with Crippen molar-refractivity contribution in [2.75, 3.05) is 31.1 Å². The maximum Gasteiger partial charge on any atom is 0.228 e. The van der Waals surface area contributed by atoms with Gasteiger partial charge >= 0.3 is 0 Å². The fourth-order valence-electron chi connectivity index (χ4n) is 3.28. The lowest BCUT2D eigenvalue weighted by atomic mass is 10.2. The molecule has 1 saturated heterocycles. The summed E-state index contributed by atoms with van der Waals surface area (Å²) in [6, 6.07) is 14.1. The molecule has 0 atom stereocenters. The second kappa shape index (κ2) is 8.29. The van der Waals surface area contributed by atoms with Crippen molar-refractivity contribution in [1.29, 1.82) is 0 Å². The van der Waals surface area contributed by atoms with Gasteiger partial charge in [-0.05, 0) is 30.3 Å². The van der Waals surface area contributed by atoms with Gasteiger partial charge in [-0.3, -0.25) is 4.79 Å². The van der Waals surface area contributed by atoms with Crippen LogP contribution in [0.25, 0.3) is 10.6 Å². The fourth-order valence-corrected chi connectivity index (χ4v) is 4.42. The number of hydrogen-bond donors (Lipinski definition) is 0. The summed E-state index contributed by atoms with van der Waals surface area (Å²) in [5.41, 5.74) is 2.64. The molecule has 1 aromatic heterocycles. The molecule has 2 heterocycles. The third-order valence-corrected chi connectivity index (χ3v) is 6.07. The summed E-state index contributed by atoms with van der Waals surface area (Å²) in [5.74, 6) is -0.160. The summed E-state index contributed by atoms with van der Waals surface area (Å²) in [6.07, 6.45) is 0.289. The molecular weight excluding hydrogens is 397 g/mol. The minimum Gasteiger partial charge on any atom is -0.368 e. The molecule has 1 amide bonds. The van der Waals surface area contributed by atoms with Crippen LogP contribution in [-0.4, -0.2) is 42.0 Å². The summed E-state index contributed by atoms with van der Waals surface area (Å²) < 4.78 is 13.1. The van der Waals surface area contributed by atoms with Crippen LogP contribution in [0.1, 0.15) is 5.69 Å². The maximum absolute atomic E-state index is 13.1. The Morgan fingerprint density at radius 3 is 2.50 bits per heavy atom. The van der Waals surface area contributed by atoms with Crippen molar-refractivity contribution in [2.45, 2.75) is 6.42 Å². The van der Waals surface area contributed by atoms with Gasteiger partial charge in [0, 0.05) is 42.8 Å². The lowest BCUT2D eigenvalue weighted by Gasteiger charge is -2.36. The van der Waals surface area contributed by atoms with Crippen LogP contribution in [0, 0.1) is 5.82 Å². The predicted octanol–water partition coefficient (Wildman–Crippen LogP) is 4.49. The van der Waals surface area contributed by atoms with Crippen LogP contribution in [-0.2, 0) is 11.2 Å². The molecule has 0 unspecified atom stereocenters. The van der Waals surface area contributed by atoms with Crippen molar-refractivity contribution >= 4 is 34.5 Å². The van der Waals surface area contributed by atoms with Crippen molar-refractivity contribution in [2.24, 2.45) is 0 Å². The van der Waals surface area contributed by atoms with Crippen molar-refractivity contribution in [3.05, 3.63) is 70.4 Å². The highest BCUT2D eigenvalue weighted by Crippen LogP contribution is 2.30. The molecule has 4 nitrogen and oxygen atoms in total. The number of carbonyl (C=O) groups is 1. The van der Waals surface area contributed by atoms with Crippen molar-refractivity contribution in [1.82, 2.24) is 9.88 Å². The number of aromatic nitrogens is 1. The number of amides is 1. The van der Waals surface area contributed by atoms with Gasteiger partial charge in [-0.15, -0.1) is 11.3 Å². The van der Waals surface area contributed by atoms with E-state index in [0.29, 0.717) is 18.1 Å². The van der Waals surface area contributed by atoms with E-state index in [2.05, 4.69) is 9.88 Å². The minimum absolute atomic E-state index is 0.0785. The molecule has 0 bridgehead atoms. The van der Waals surface area contributed by atoms with Crippen LogP contribution < -0.4 is 4.90 Å². The number of nitrogens with zero attached hydrogens (tertiary/aromatic N) is 3. The topological polar surface area (TPSA) is 36.4 Å². The summed E-state index contributed by atoms with van der Waals surface area (Å²) in [6.45, 7) is 2.77. The molecule has 0 N–H and O–H groups in total. The Hall–Kier alpha value is -2.44. The number of piperazine rings is 1. The highest BCUT2D eigenvalue weighted by Gasteiger charge is 2.22. The molecule has 0 radical (unpaired) electrons. The van der Waals surface area contributed by atoms with Crippen molar-refractivity contribution in [3.8, 4) is 10.6 Å². The largest absolute Gasteiger partial charge is 0.368 e. The van der Waals surface area contributed by atoms with Crippen molar-refractivity contribution in [3.63, 3.8) is 0 Å². The molecule has 28 heavy (non-hydrogen) atoms. The molecule has 7 heteroatoms. The van der Waals surface area contributed by atoms with Gasteiger partial charge in [-0.2, -0.15) is 0 Å². The zero-order valence-corrected chi connectivity index (χ0v) is 16.7. The van der Waals surface area contributed by atoms with E-state index in [1.807, 2.05) is 34.5 Å². The highest BCUT2D eigenvalue weighted by atomic mass is 35.5. The van der Waals surface area contributed by atoms with Crippen LogP contribution in [0.3, 0.4) is 0 Å². The quantitative estimate of drug-likeness (QED) is 0.629. The summed E-state index contributed by atoms with van der Waals surface area (Å²) >= 11 is 7.73. The number of carbonyl (C=O) groups excluding carboxylic acids is 1. The van der Waals surface area contributed by atoms with E-state index in [4.69, 9.17) is 11.6 Å². The number of halogens is 2. The molecule has 144 valence electrons. The predicted molar refractivity (Wildman–Crippen MR) is 111 cm³/mol. The van der Waals surface area contributed by atoms with Gasteiger partial charge in [0.25, 0.3) is 0 Å². The van der Waals surface area contributed by atoms with Gasteiger partial charge in [0.2, 0.25) is 5.91 Å². The van der Waals surface area contributed by atoms with E-state index in [-0.39, 0.29) is 18.1 Å². The summed E-state index contributed by atoms with van der Waals surface area (Å²) in [4.78, 5) is 21.3. The molecule has 1 aliphatic heterocycles. The first-order chi connectivity index (χ1) is 13.6. The van der Waals surface area contributed by atoms with Gasteiger partial charge in [0.15, 0.2) is 0 Å². The normalized spacial score (nSPS) is 14.4. The monoisotopic (exact) mass is 415 g/mol. The van der Waals surface area contributed by atoms with E-state index >= 15 is 0 Å². The Labute approximate surface area is 172 Å². The van der Waals surface area contributed by atoms with E-state index in [1.54, 1.807) is 12.1 Å². The first-order valence-electron chi connectivity index (χ1n) is 9.08. The van der Waals surface area contributed by atoms with Gasteiger partial charge in [0.1, 0.15) is 10.8 Å². The lowest BCUT2D eigenvalue weighted by molar-refractivity contribution is -0.130. The Bertz CT molecular complexity index is 968. The third-order valence-electron chi connectivity index (χ3n) is 4.81. The Kier molecular flexibility index (Phi) is 5.59. The number of benzene rings is 2. The average molecular weight is 416 g/mol. The zero-order valence-electron chi connectivity index (χ0n) is 15.1. The highest BCUT2D eigenvalue weighted by molar-refractivity contribution is 7.13. The maximum atomic E-state index is 13.1. The molecule has 1 fully saturated rings. The lowest BCUT2D eigenvalue weighted by Crippen LogP contribution is -2.49. The van der Waals surface area contributed by atoms with Crippen LogP contribution in [0.5, 0.6) is 0 Å². The fraction of sp³-hybridized carbons (Fsp3) is 0.238. The van der Waals surface area contributed by atoms with E-state index in [0.717, 1.165) is 35.0 Å². The van der Waals surface area contributed by atoms with Crippen LogP contribution >= 0.6 is 22.9 Å². The van der Waals surface area contributed by atoms with Gasteiger partial charge < -0.3 is 9.80 Å².